The molecule has 1 heterocycles. The van der Waals surface area contributed by atoms with Crippen LogP contribution in [0.3, 0.4) is 0 Å². The number of hydrogen-bond donors (Lipinski definition) is 2. The van der Waals surface area contributed by atoms with Crippen LogP contribution in [-0.4, -0.2) is 15.7 Å². The van der Waals surface area contributed by atoms with Gasteiger partial charge in [-0.05, 0) is 49.6 Å². The Kier molecular flexibility index (Phi) is 7.02. The lowest BCUT2D eigenvalue weighted by atomic mass is 10.0. The van der Waals surface area contributed by atoms with E-state index in [4.69, 9.17) is 4.42 Å². The molecule has 162 valence electrons. The number of phenolic OH excluding ortho intramolecular Hbond substituents is 1. The Morgan fingerprint density at radius 2 is 1.90 bits per heavy atom. The van der Waals surface area contributed by atoms with Crippen molar-refractivity contribution >= 4 is 28.1 Å². The molecule has 0 atom stereocenters. The van der Waals surface area contributed by atoms with Crippen LogP contribution in [0.2, 0.25) is 0 Å². The summed E-state index contributed by atoms with van der Waals surface area (Å²) in [5.41, 5.74) is 4.61. The lowest BCUT2D eigenvalue weighted by Gasteiger charge is -2.08. The van der Waals surface area contributed by atoms with Crippen molar-refractivity contribution in [2.24, 2.45) is 5.10 Å². The lowest BCUT2D eigenvalue weighted by Crippen LogP contribution is -2.13. The van der Waals surface area contributed by atoms with Crippen molar-refractivity contribution in [1.29, 1.82) is 0 Å². The third kappa shape index (κ3) is 5.48. The maximum absolute atomic E-state index is 12.4. The van der Waals surface area contributed by atoms with Gasteiger partial charge >= 0.3 is 5.63 Å². The van der Waals surface area contributed by atoms with Crippen LogP contribution in [-0.2, 0) is 6.42 Å². The van der Waals surface area contributed by atoms with Crippen molar-refractivity contribution in [3.8, 4) is 5.75 Å². The van der Waals surface area contributed by atoms with Gasteiger partial charge in [0.05, 0.1) is 21.9 Å². The summed E-state index contributed by atoms with van der Waals surface area (Å²) in [6.45, 7) is 3.82. The van der Waals surface area contributed by atoms with Gasteiger partial charge < -0.3 is 9.52 Å². The maximum Gasteiger partial charge on any atom is 0.345 e. The van der Waals surface area contributed by atoms with E-state index in [1.807, 2.05) is 6.07 Å². The minimum absolute atomic E-state index is 0.0184. The quantitative estimate of drug-likeness (QED) is 0.157. The highest BCUT2D eigenvalue weighted by Gasteiger charge is 2.12. The minimum atomic E-state index is -0.561. The number of nitro benzene ring substituents is 1. The van der Waals surface area contributed by atoms with Gasteiger partial charge in [0.25, 0.3) is 5.69 Å². The molecule has 8 heteroatoms. The fourth-order valence-corrected chi connectivity index (χ4v) is 3.26. The highest BCUT2D eigenvalue weighted by molar-refractivity contribution is 6.01. The number of nitrogens with zero attached hydrogens (tertiary/aromatic N) is 2. The number of hydrogen-bond acceptors (Lipinski definition) is 7. The molecule has 0 aliphatic rings. The third-order valence-electron chi connectivity index (χ3n) is 5.05. The normalized spacial score (nSPS) is 11.6. The molecule has 0 fully saturated rings. The summed E-state index contributed by atoms with van der Waals surface area (Å²) in [7, 11) is 0. The number of unbranched alkanes of at least 4 members (excludes halogenated alkanes) is 3. The number of fused-ring (bicyclic) bond motifs is 1. The highest BCUT2D eigenvalue weighted by atomic mass is 16.6. The van der Waals surface area contributed by atoms with Crippen molar-refractivity contribution in [3.05, 3.63) is 74.1 Å². The van der Waals surface area contributed by atoms with E-state index in [2.05, 4.69) is 17.5 Å². The summed E-state index contributed by atoms with van der Waals surface area (Å²) in [6.07, 6.45) is 5.14. The fourth-order valence-electron chi connectivity index (χ4n) is 3.26. The second-order valence-electron chi connectivity index (χ2n) is 7.39. The SMILES string of the molecule is CCCCCCc1cc2cc(C(C)=NNc3ccc([N+](=O)[O-])cc3)c(=O)oc2cc1O. The second-order valence-corrected chi connectivity index (χ2v) is 7.39. The monoisotopic (exact) mass is 423 g/mol. The zero-order valence-electron chi connectivity index (χ0n) is 17.6. The number of non-ortho nitro benzene ring substituents is 1. The number of anilines is 1. The van der Waals surface area contributed by atoms with Crippen LogP contribution in [0.15, 0.2) is 56.8 Å². The third-order valence-corrected chi connectivity index (χ3v) is 5.05. The molecule has 31 heavy (non-hydrogen) atoms. The average molecular weight is 423 g/mol. The average Bonchev–Trinajstić information content (AvgIpc) is 2.75. The molecule has 0 unspecified atom stereocenters. The Labute approximate surface area is 179 Å². The molecule has 0 spiro atoms. The molecule has 2 aromatic carbocycles. The Bertz CT molecular complexity index is 1170. The van der Waals surface area contributed by atoms with Crippen LogP contribution in [0.5, 0.6) is 5.75 Å². The van der Waals surface area contributed by atoms with Gasteiger partial charge in [0.1, 0.15) is 11.3 Å². The zero-order valence-corrected chi connectivity index (χ0v) is 17.6. The van der Waals surface area contributed by atoms with E-state index < -0.39 is 10.5 Å². The lowest BCUT2D eigenvalue weighted by molar-refractivity contribution is -0.384. The van der Waals surface area contributed by atoms with Gasteiger partial charge in [-0.2, -0.15) is 5.10 Å². The van der Waals surface area contributed by atoms with E-state index in [0.717, 1.165) is 37.7 Å². The molecule has 1 aromatic heterocycles. The van der Waals surface area contributed by atoms with E-state index in [1.54, 1.807) is 13.0 Å². The molecule has 3 rings (SSSR count). The van der Waals surface area contributed by atoms with Gasteiger partial charge in [-0.3, -0.25) is 15.5 Å². The summed E-state index contributed by atoms with van der Waals surface area (Å²) >= 11 is 0. The first-order valence-electron chi connectivity index (χ1n) is 10.2. The second kappa shape index (κ2) is 9.88. The van der Waals surface area contributed by atoms with Crippen LogP contribution in [0, 0.1) is 10.1 Å². The van der Waals surface area contributed by atoms with Crippen LogP contribution in [0.1, 0.15) is 50.7 Å². The molecular formula is C23H25N3O5. The molecule has 3 aromatic rings. The molecule has 0 aliphatic heterocycles. The number of nitro groups is 1. The van der Waals surface area contributed by atoms with Gasteiger partial charge in [0.15, 0.2) is 0 Å². The van der Waals surface area contributed by atoms with E-state index in [0.29, 0.717) is 27.9 Å². The first kappa shape index (κ1) is 22.0. The van der Waals surface area contributed by atoms with Crippen molar-refractivity contribution in [2.45, 2.75) is 46.0 Å². The number of aryl methyl sites for hydroxylation is 1. The van der Waals surface area contributed by atoms with Crippen LogP contribution in [0.4, 0.5) is 11.4 Å². The van der Waals surface area contributed by atoms with Gasteiger partial charge in [0.2, 0.25) is 0 Å². The zero-order chi connectivity index (χ0) is 22.4. The van der Waals surface area contributed by atoms with E-state index in [9.17, 15) is 20.0 Å². The summed E-state index contributed by atoms with van der Waals surface area (Å²) in [5, 5.41) is 25.9. The predicted octanol–water partition coefficient (Wildman–Crippen LogP) is 5.37. The molecule has 0 saturated heterocycles. The smallest absolute Gasteiger partial charge is 0.345 e. The van der Waals surface area contributed by atoms with Crippen LogP contribution in [0.25, 0.3) is 11.0 Å². The van der Waals surface area contributed by atoms with E-state index >= 15 is 0 Å². The van der Waals surface area contributed by atoms with E-state index in [1.165, 1.54) is 30.3 Å². The van der Waals surface area contributed by atoms with Gasteiger partial charge in [-0.1, -0.05) is 26.2 Å². The van der Waals surface area contributed by atoms with Crippen LogP contribution < -0.4 is 11.1 Å². The largest absolute Gasteiger partial charge is 0.508 e. The maximum atomic E-state index is 12.4. The number of phenols is 1. The molecular weight excluding hydrogens is 398 g/mol. The number of aromatic hydroxyl groups is 1. The first-order valence-corrected chi connectivity index (χ1v) is 10.2. The molecule has 0 bridgehead atoms. The molecule has 0 amide bonds. The number of benzene rings is 2. The number of nitrogens with one attached hydrogen (secondary N) is 1. The molecule has 2 N–H and O–H groups in total. The van der Waals surface area contributed by atoms with Gasteiger partial charge in [0, 0.05) is 23.6 Å². The van der Waals surface area contributed by atoms with Gasteiger partial charge in [-0.25, -0.2) is 4.79 Å². The number of rotatable bonds is 9. The summed E-state index contributed by atoms with van der Waals surface area (Å²) < 4.78 is 5.39. The molecule has 0 radical (unpaired) electrons. The Morgan fingerprint density at radius 3 is 2.58 bits per heavy atom. The Morgan fingerprint density at radius 1 is 1.16 bits per heavy atom. The van der Waals surface area contributed by atoms with Crippen molar-refractivity contribution in [3.63, 3.8) is 0 Å². The fraction of sp³-hybridized carbons (Fsp3) is 0.304. The summed E-state index contributed by atoms with van der Waals surface area (Å²) in [6, 6.07) is 10.8. The number of hydrazone groups is 1. The molecule has 0 saturated carbocycles. The summed E-state index contributed by atoms with van der Waals surface area (Å²) in [5.74, 6) is 0.130. The van der Waals surface area contributed by atoms with Crippen molar-refractivity contribution in [2.75, 3.05) is 5.43 Å². The Balaban J connectivity index is 1.83. The van der Waals surface area contributed by atoms with E-state index in [-0.39, 0.29) is 11.4 Å². The van der Waals surface area contributed by atoms with Gasteiger partial charge in [-0.15, -0.1) is 0 Å². The first-order chi connectivity index (χ1) is 14.9. The van der Waals surface area contributed by atoms with Crippen molar-refractivity contribution < 1.29 is 14.4 Å². The minimum Gasteiger partial charge on any atom is -0.508 e. The highest BCUT2D eigenvalue weighted by Crippen LogP contribution is 2.26. The van der Waals surface area contributed by atoms with Crippen molar-refractivity contribution in [1.82, 2.24) is 0 Å². The standard InChI is InChI=1S/C23H25N3O5/c1-3-4-5-6-7-16-12-17-13-20(23(28)31-22(17)14-21(16)27)15(2)24-25-18-8-10-19(11-9-18)26(29)30/h8-14,25,27H,3-7H2,1-2H3. The molecule has 8 nitrogen and oxygen atoms in total. The predicted molar refractivity (Wildman–Crippen MR) is 121 cm³/mol. The summed E-state index contributed by atoms with van der Waals surface area (Å²) in [4.78, 5) is 22.7. The molecule has 0 aliphatic carbocycles. The van der Waals surface area contributed by atoms with Crippen LogP contribution >= 0.6 is 0 Å². The topological polar surface area (TPSA) is 118 Å². The Hall–Kier alpha value is -3.68.